The maximum absolute atomic E-state index is 5.69. The molecule has 2 rings (SSSR count). The van der Waals surface area contributed by atoms with Crippen LogP contribution < -0.4 is 10.1 Å². The Bertz CT molecular complexity index is 376. The van der Waals surface area contributed by atoms with Gasteiger partial charge in [-0.25, -0.2) is 0 Å². The molecule has 1 heterocycles. The van der Waals surface area contributed by atoms with Gasteiger partial charge in [0.2, 0.25) is 0 Å². The number of nitrogens with zero attached hydrogens (tertiary/aromatic N) is 1. The Morgan fingerprint density at radius 3 is 2.47 bits per heavy atom. The highest BCUT2D eigenvalue weighted by Gasteiger charge is 2.21. The lowest BCUT2D eigenvalue weighted by atomic mass is 10.1. The average Bonchev–Trinajstić information content (AvgIpc) is 2.30. The van der Waals surface area contributed by atoms with Crippen molar-refractivity contribution in [2.75, 3.05) is 19.7 Å². The van der Waals surface area contributed by atoms with Crippen molar-refractivity contribution in [2.45, 2.75) is 39.4 Å². The third-order valence-corrected chi connectivity index (χ3v) is 3.30. The summed E-state index contributed by atoms with van der Waals surface area (Å²) in [5.41, 5.74) is 1.29. The summed E-state index contributed by atoms with van der Waals surface area (Å²) < 4.78 is 5.69. The lowest BCUT2D eigenvalue weighted by molar-refractivity contribution is 0.164. The molecule has 1 N–H and O–H groups in total. The van der Waals surface area contributed by atoms with Gasteiger partial charge in [0, 0.05) is 37.3 Å². The fraction of sp³-hybridized carbons (Fsp3) is 0.600. The zero-order chi connectivity index (χ0) is 13.0. The molecule has 0 saturated carbocycles. The predicted molar refractivity (Wildman–Crippen MR) is 82.2 cm³/mol. The molecule has 4 heteroatoms. The Balaban J connectivity index is 0.00000180. The van der Waals surface area contributed by atoms with Crippen molar-refractivity contribution < 1.29 is 4.74 Å². The van der Waals surface area contributed by atoms with Crippen LogP contribution in [0.25, 0.3) is 0 Å². The zero-order valence-corrected chi connectivity index (χ0v) is 12.9. The third kappa shape index (κ3) is 4.68. The van der Waals surface area contributed by atoms with Crippen molar-refractivity contribution in [2.24, 2.45) is 0 Å². The van der Waals surface area contributed by atoms with E-state index in [1.54, 1.807) is 0 Å². The van der Waals surface area contributed by atoms with Crippen LogP contribution in [0.3, 0.4) is 0 Å². The molecule has 1 aliphatic heterocycles. The average molecular weight is 285 g/mol. The van der Waals surface area contributed by atoms with Crippen LogP contribution in [0, 0.1) is 0 Å². The van der Waals surface area contributed by atoms with Crippen molar-refractivity contribution in [3.05, 3.63) is 29.8 Å². The van der Waals surface area contributed by atoms with E-state index in [1.807, 2.05) is 13.0 Å². The van der Waals surface area contributed by atoms with Crippen LogP contribution in [0.5, 0.6) is 5.75 Å². The molecule has 0 aliphatic carbocycles. The summed E-state index contributed by atoms with van der Waals surface area (Å²) in [6.07, 6.45) is 0. The first-order valence-electron chi connectivity index (χ1n) is 6.88. The highest BCUT2D eigenvalue weighted by atomic mass is 35.5. The molecular formula is C15H25ClN2O. The summed E-state index contributed by atoms with van der Waals surface area (Å²) in [6.45, 7) is 10.4. The van der Waals surface area contributed by atoms with Crippen molar-refractivity contribution in [3.63, 3.8) is 0 Å². The highest BCUT2D eigenvalue weighted by Crippen LogP contribution is 2.20. The lowest BCUT2D eigenvalue weighted by Gasteiger charge is -2.36. The monoisotopic (exact) mass is 284 g/mol. The number of piperazine rings is 1. The number of ether oxygens (including phenoxy) is 1. The van der Waals surface area contributed by atoms with Gasteiger partial charge in [0.1, 0.15) is 5.75 Å². The second-order valence-electron chi connectivity index (χ2n) is 5.20. The fourth-order valence-electron chi connectivity index (χ4n) is 2.74. The molecule has 2 unspecified atom stereocenters. The summed E-state index contributed by atoms with van der Waals surface area (Å²) in [7, 11) is 0. The van der Waals surface area contributed by atoms with E-state index >= 15 is 0 Å². The van der Waals surface area contributed by atoms with Crippen molar-refractivity contribution >= 4 is 12.4 Å². The van der Waals surface area contributed by atoms with Crippen LogP contribution in [0.15, 0.2) is 24.3 Å². The molecule has 0 radical (unpaired) electrons. The second kappa shape index (κ2) is 7.73. The Labute approximate surface area is 122 Å². The van der Waals surface area contributed by atoms with Gasteiger partial charge in [0.15, 0.2) is 0 Å². The molecule has 19 heavy (non-hydrogen) atoms. The minimum Gasteiger partial charge on any atom is -0.494 e. The Hall–Kier alpha value is -0.770. The second-order valence-corrected chi connectivity index (χ2v) is 5.20. The molecule has 1 saturated heterocycles. The van der Waals surface area contributed by atoms with E-state index in [2.05, 4.69) is 42.3 Å². The van der Waals surface area contributed by atoms with E-state index in [9.17, 15) is 0 Å². The fourth-order valence-corrected chi connectivity index (χ4v) is 2.74. The lowest BCUT2D eigenvalue weighted by Crippen LogP contribution is -2.53. The first kappa shape index (κ1) is 16.3. The molecule has 0 amide bonds. The molecule has 0 spiro atoms. The first-order valence-corrected chi connectivity index (χ1v) is 6.88. The summed E-state index contributed by atoms with van der Waals surface area (Å²) in [5.74, 6) is 1.03. The van der Waals surface area contributed by atoms with Gasteiger partial charge >= 0.3 is 0 Å². The Morgan fingerprint density at radius 1 is 1.21 bits per heavy atom. The van der Waals surface area contributed by atoms with Gasteiger partial charge in [-0.3, -0.25) is 4.90 Å². The van der Waals surface area contributed by atoms with E-state index in [0.717, 1.165) is 32.0 Å². The van der Waals surface area contributed by atoms with Crippen LogP contribution in [0.2, 0.25) is 0 Å². The van der Waals surface area contributed by atoms with Gasteiger partial charge in [-0.2, -0.15) is 0 Å². The number of hydrogen-bond donors (Lipinski definition) is 1. The summed E-state index contributed by atoms with van der Waals surface area (Å²) in [6, 6.07) is 9.49. The van der Waals surface area contributed by atoms with Crippen LogP contribution in [0.4, 0.5) is 0 Å². The number of hydrogen-bond acceptors (Lipinski definition) is 3. The number of benzene rings is 1. The molecule has 2 atom stereocenters. The number of nitrogens with one attached hydrogen (secondary N) is 1. The molecule has 1 aliphatic rings. The van der Waals surface area contributed by atoms with Crippen LogP contribution in [0.1, 0.15) is 26.3 Å². The van der Waals surface area contributed by atoms with Gasteiger partial charge < -0.3 is 10.1 Å². The molecule has 1 aromatic rings. The van der Waals surface area contributed by atoms with Crippen LogP contribution in [-0.4, -0.2) is 36.7 Å². The molecule has 3 nitrogen and oxygen atoms in total. The summed E-state index contributed by atoms with van der Waals surface area (Å²) in [5, 5.41) is 3.56. The highest BCUT2D eigenvalue weighted by molar-refractivity contribution is 5.85. The van der Waals surface area contributed by atoms with Gasteiger partial charge in [0.05, 0.1) is 6.61 Å². The van der Waals surface area contributed by atoms with E-state index < -0.39 is 0 Å². The van der Waals surface area contributed by atoms with Crippen molar-refractivity contribution in [1.82, 2.24) is 10.2 Å². The predicted octanol–water partition coefficient (Wildman–Crippen LogP) is 2.69. The number of para-hydroxylation sites is 1. The quantitative estimate of drug-likeness (QED) is 0.920. The SMILES string of the molecule is CCOc1ccccc1CN1CC(C)NC(C)C1.Cl. The van der Waals surface area contributed by atoms with Gasteiger partial charge in [0.25, 0.3) is 0 Å². The summed E-state index contributed by atoms with van der Waals surface area (Å²) in [4.78, 5) is 2.50. The van der Waals surface area contributed by atoms with Gasteiger partial charge in [-0.15, -0.1) is 12.4 Å². The van der Waals surface area contributed by atoms with Crippen molar-refractivity contribution in [3.8, 4) is 5.75 Å². The van der Waals surface area contributed by atoms with E-state index in [-0.39, 0.29) is 12.4 Å². The van der Waals surface area contributed by atoms with E-state index in [4.69, 9.17) is 4.74 Å². The maximum atomic E-state index is 5.69. The first-order chi connectivity index (χ1) is 8.69. The largest absolute Gasteiger partial charge is 0.494 e. The molecule has 0 aromatic heterocycles. The minimum atomic E-state index is 0. The van der Waals surface area contributed by atoms with Crippen molar-refractivity contribution in [1.29, 1.82) is 0 Å². The Morgan fingerprint density at radius 2 is 1.84 bits per heavy atom. The number of rotatable bonds is 4. The molecule has 108 valence electrons. The minimum absolute atomic E-state index is 0. The summed E-state index contributed by atoms with van der Waals surface area (Å²) >= 11 is 0. The van der Waals surface area contributed by atoms with E-state index in [0.29, 0.717) is 12.1 Å². The molecule has 0 bridgehead atoms. The molecule has 1 fully saturated rings. The third-order valence-electron chi connectivity index (χ3n) is 3.30. The standard InChI is InChI=1S/C15H24N2O.ClH/c1-4-18-15-8-6-5-7-14(15)11-17-9-12(2)16-13(3)10-17;/h5-8,12-13,16H,4,9-11H2,1-3H3;1H. The van der Waals surface area contributed by atoms with Gasteiger partial charge in [-0.05, 0) is 26.8 Å². The van der Waals surface area contributed by atoms with Crippen LogP contribution >= 0.6 is 12.4 Å². The molecule has 1 aromatic carbocycles. The topological polar surface area (TPSA) is 24.5 Å². The van der Waals surface area contributed by atoms with Gasteiger partial charge in [-0.1, -0.05) is 18.2 Å². The molecular weight excluding hydrogens is 260 g/mol. The normalized spacial score (nSPS) is 23.7. The van der Waals surface area contributed by atoms with E-state index in [1.165, 1.54) is 5.56 Å². The van der Waals surface area contributed by atoms with Crippen LogP contribution in [-0.2, 0) is 6.54 Å². The number of halogens is 1. The zero-order valence-electron chi connectivity index (χ0n) is 12.1. The smallest absolute Gasteiger partial charge is 0.123 e. The Kier molecular flexibility index (Phi) is 6.63. The maximum Gasteiger partial charge on any atom is 0.123 e.